The second-order valence-corrected chi connectivity index (χ2v) is 9.22. The minimum atomic E-state index is -0.423. The molecule has 0 spiro atoms. The van der Waals surface area contributed by atoms with E-state index in [0.29, 0.717) is 11.0 Å². The highest BCUT2D eigenvalue weighted by molar-refractivity contribution is 7.15. The lowest BCUT2D eigenvalue weighted by Crippen LogP contribution is -2.28. The zero-order valence-electron chi connectivity index (χ0n) is 19.0. The van der Waals surface area contributed by atoms with E-state index in [1.165, 1.54) is 4.52 Å². The van der Waals surface area contributed by atoms with E-state index in [2.05, 4.69) is 10.1 Å². The van der Waals surface area contributed by atoms with Gasteiger partial charge in [0.05, 0.1) is 15.9 Å². The molecule has 6 rings (SSSR count). The largest absolute Gasteiger partial charge is 0.296 e. The molecule has 0 unspecified atom stereocenters. The van der Waals surface area contributed by atoms with Crippen molar-refractivity contribution in [1.29, 1.82) is 0 Å². The van der Waals surface area contributed by atoms with Gasteiger partial charge >= 0.3 is 0 Å². The Labute approximate surface area is 209 Å². The van der Waals surface area contributed by atoms with Crippen LogP contribution in [-0.2, 0) is 6.42 Å². The first-order chi connectivity index (χ1) is 17.7. The fraction of sp³-hybridized carbons (Fsp3) is 0.0357. The van der Waals surface area contributed by atoms with Crippen molar-refractivity contribution in [3.05, 3.63) is 139 Å². The average molecular weight is 490 g/mol. The molecule has 3 heterocycles. The molecule has 0 N–H and O–H groups in total. The molecule has 6 aromatic rings. The van der Waals surface area contributed by atoms with Crippen LogP contribution >= 0.6 is 11.3 Å². The molecular weight excluding hydrogens is 470 g/mol. The van der Waals surface area contributed by atoms with E-state index in [-0.39, 0.29) is 16.2 Å². The summed E-state index contributed by atoms with van der Waals surface area (Å²) in [7, 11) is 0. The second-order valence-electron chi connectivity index (χ2n) is 8.22. The topological polar surface area (TPSA) is 82.1 Å². The van der Waals surface area contributed by atoms with E-state index >= 15 is 0 Å². The van der Waals surface area contributed by atoms with Gasteiger partial charge < -0.3 is 0 Å². The Morgan fingerprint density at radius 2 is 1.47 bits per heavy atom. The number of nitrogens with zero attached hydrogens (tertiary/aromatic N) is 5. The van der Waals surface area contributed by atoms with E-state index < -0.39 is 5.56 Å². The Morgan fingerprint density at radius 1 is 0.806 bits per heavy atom. The Morgan fingerprint density at radius 3 is 2.19 bits per heavy atom. The fourth-order valence-electron chi connectivity index (χ4n) is 4.01. The SMILES string of the molecule is O=c1nc2s/c(=C/c3cn(-c4ccccc4)nc3-c3ccccc3)c(=O)n2nc1Cc1ccccc1. The monoisotopic (exact) mass is 489 g/mol. The Kier molecular flexibility index (Phi) is 5.55. The number of aromatic nitrogens is 5. The van der Waals surface area contributed by atoms with Crippen LogP contribution in [0.3, 0.4) is 0 Å². The maximum atomic E-state index is 13.3. The lowest BCUT2D eigenvalue weighted by molar-refractivity contribution is 0.811. The van der Waals surface area contributed by atoms with Crippen molar-refractivity contribution in [2.24, 2.45) is 0 Å². The average Bonchev–Trinajstić information content (AvgIpc) is 3.47. The molecular formula is C28H19N5O2S. The van der Waals surface area contributed by atoms with Gasteiger partial charge in [0.25, 0.3) is 11.1 Å². The molecule has 0 fully saturated rings. The summed E-state index contributed by atoms with van der Waals surface area (Å²) in [5, 5.41) is 9.17. The van der Waals surface area contributed by atoms with Crippen LogP contribution in [0.15, 0.2) is 107 Å². The number of para-hydroxylation sites is 1. The maximum Gasteiger partial charge on any atom is 0.296 e. The van der Waals surface area contributed by atoms with Gasteiger partial charge in [-0.15, -0.1) is 0 Å². The van der Waals surface area contributed by atoms with Crippen molar-refractivity contribution in [3.63, 3.8) is 0 Å². The summed E-state index contributed by atoms with van der Waals surface area (Å²) in [6.07, 6.45) is 4.00. The summed E-state index contributed by atoms with van der Waals surface area (Å²) in [6.45, 7) is 0. The molecule has 0 aliphatic carbocycles. The second kappa shape index (κ2) is 9.16. The lowest BCUT2D eigenvalue weighted by Gasteiger charge is -2.00. The van der Waals surface area contributed by atoms with Gasteiger partial charge in [0.15, 0.2) is 0 Å². The van der Waals surface area contributed by atoms with Gasteiger partial charge in [-0.25, -0.2) is 4.68 Å². The summed E-state index contributed by atoms with van der Waals surface area (Å²) < 4.78 is 3.44. The van der Waals surface area contributed by atoms with Crippen LogP contribution in [0.5, 0.6) is 0 Å². The zero-order chi connectivity index (χ0) is 24.5. The summed E-state index contributed by atoms with van der Waals surface area (Å²) >= 11 is 1.14. The van der Waals surface area contributed by atoms with Gasteiger partial charge in [-0.1, -0.05) is 90.2 Å². The summed E-state index contributed by atoms with van der Waals surface area (Å²) in [6, 6.07) is 29.1. The minimum absolute atomic E-state index is 0.238. The van der Waals surface area contributed by atoms with Gasteiger partial charge in [0, 0.05) is 23.7 Å². The molecule has 3 aromatic heterocycles. The first-order valence-electron chi connectivity index (χ1n) is 11.3. The predicted molar refractivity (Wildman–Crippen MR) is 140 cm³/mol. The van der Waals surface area contributed by atoms with Gasteiger partial charge in [-0.2, -0.15) is 19.7 Å². The minimum Gasteiger partial charge on any atom is -0.266 e. The quantitative estimate of drug-likeness (QED) is 0.370. The molecule has 0 aliphatic rings. The molecule has 7 nitrogen and oxygen atoms in total. The molecule has 36 heavy (non-hydrogen) atoms. The Balaban J connectivity index is 1.49. The van der Waals surface area contributed by atoms with Gasteiger partial charge in [-0.05, 0) is 23.8 Å². The lowest BCUT2D eigenvalue weighted by atomic mass is 10.1. The number of thiazole rings is 1. The smallest absolute Gasteiger partial charge is 0.266 e. The van der Waals surface area contributed by atoms with E-state index in [1.807, 2.05) is 97.2 Å². The summed E-state index contributed by atoms with van der Waals surface area (Å²) in [5.74, 6) is 0. The number of fused-ring (bicyclic) bond motifs is 1. The standard InChI is InChI=1S/C28H19N5O2S/c34-26-23(16-19-10-4-1-5-11-19)30-33-27(35)24(36-28(33)29-26)17-21-18-32(22-14-8-3-9-15-22)31-25(21)20-12-6-2-7-13-20/h1-15,17-18H,16H2/b24-17+. The zero-order valence-corrected chi connectivity index (χ0v) is 19.8. The molecule has 0 bridgehead atoms. The molecule has 0 saturated carbocycles. The van der Waals surface area contributed by atoms with E-state index in [0.717, 1.165) is 39.4 Å². The van der Waals surface area contributed by atoms with Crippen LogP contribution in [0.25, 0.3) is 28.0 Å². The van der Waals surface area contributed by atoms with Crippen LogP contribution in [0, 0.1) is 0 Å². The first kappa shape index (κ1) is 21.8. The molecule has 0 amide bonds. The van der Waals surface area contributed by atoms with Crippen molar-refractivity contribution < 1.29 is 0 Å². The van der Waals surface area contributed by atoms with Crippen LogP contribution < -0.4 is 15.7 Å². The van der Waals surface area contributed by atoms with Crippen LogP contribution in [0.2, 0.25) is 0 Å². The van der Waals surface area contributed by atoms with Gasteiger partial charge in [-0.3, -0.25) is 9.59 Å². The van der Waals surface area contributed by atoms with Crippen LogP contribution in [-0.4, -0.2) is 24.4 Å². The molecule has 0 aliphatic heterocycles. The number of benzene rings is 3. The van der Waals surface area contributed by atoms with Crippen molar-refractivity contribution in [2.45, 2.75) is 6.42 Å². The molecule has 0 radical (unpaired) electrons. The summed E-state index contributed by atoms with van der Waals surface area (Å²) in [4.78, 5) is 30.3. The van der Waals surface area contributed by atoms with Crippen molar-refractivity contribution in [1.82, 2.24) is 24.4 Å². The highest BCUT2D eigenvalue weighted by Crippen LogP contribution is 2.24. The highest BCUT2D eigenvalue weighted by Gasteiger charge is 2.14. The third-order valence-corrected chi connectivity index (χ3v) is 6.72. The van der Waals surface area contributed by atoms with Gasteiger partial charge in [0.1, 0.15) is 5.69 Å². The van der Waals surface area contributed by atoms with E-state index in [9.17, 15) is 9.59 Å². The molecule has 0 atom stereocenters. The molecule has 0 saturated heterocycles. The van der Waals surface area contributed by atoms with Crippen LogP contribution in [0.1, 0.15) is 16.8 Å². The molecule has 174 valence electrons. The van der Waals surface area contributed by atoms with Crippen molar-refractivity contribution >= 4 is 22.4 Å². The summed E-state index contributed by atoms with van der Waals surface area (Å²) in [5.41, 5.74) is 3.80. The highest BCUT2D eigenvalue weighted by atomic mass is 32.1. The third kappa shape index (κ3) is 4.14. The Bertz CT molecular complexity index is 1840. The molecule has 8 heteroatoms. The normalized spacial score (nSPS) is 11.8. The Hall–Kier alpha value is -4.69. The number of hydrogen-bond donors (Lipinski definition) is 0. The van der Waals surface area contributed by atoms with E-state index in [1.54, 1.807) is 10.8 Å². The number of hydrogen-bond acceptors (Lipinski definition) is 6. The predicted octanol–water partition coefficient (Wildman–Crippen LogP) is 3.50. The van der Waals surface area contributed by atoms with E-state index in [4.69, 9.17) is 5.10 Å². The number of rotatable bonds is 5. The first-order valence-corrected chi connectivity index (χ1v) is 12.2. The third-order valence-electron chi connectivity index (χ3n) is 5.76. The molecule has 3 aromatic carbocycles. The van der Waals surface area contributed by atoms with Crippen molar-refractivity contribution in [2.75, 3.05) is 0 Å². The maximum absolute atomic E-state index is 13.3. The van der Waals surface area contributed by atoms with Crippen molar-refractivity contribution in [3.8, 4) is 16.9 Å². The van der Waals surface area contributed by atoms with Crippen LogP contribution in [0.4, 0.5) is 0 Å². The fourth-order valence-corrected chi connectivity index (χ4v) is 4.90. The van der Waals surface area contributed by atoms with Gasteiger partial charge in [0.2, 0.25) is 4.96 Å².